The van der Waals surface area contributed by atoms with Gasteiger partial charge in [0.15, 0.2) is 11.6 Å². The van der Waals surface area contributed by atoms with Gasteiger partial charge in [0.2, 0.25) is 5.95 Å². The molecule has 2 aromatic rings. The molecule has 2 heterocycles. The third-order valence-corrected chi connectivity index (χ3v) is 3.44. The van der Waals surface area contributed by atoms with Gasteiger partial charge in [-0.1, -0.05) is 6.07 Å². The molecule has 0 spiro atoms. The first kappa shape index (κ1) is 12.8. The molecule has 0 fully saturated rings. The van der Waals surface area contributed by atoms with E-state index in [0.29, 0.717) is 5.95 Å². The SMILES string of the molecule is CN1CCc2ccc(Nc3ncc(F)c(N)n3)cc2C1. The van der Waals surface area contributed by atoms with Gasteiger partial charge in [0.1, 0.15) is 0 Å². The van der Waals surface area contributed by atoms with Crippen LogP contribution in [0.3, 0.4) is 0 Å². The van der Waals surface area contributed by atoms with Crippen molar-refractivity contribution in [3.05, 3.63) is 41.3 Å². The highest BCUT2D eigenvalue weighted by molar-refractivity contribution is 5.57. The molecule has 0 unspecified atom stereocenters. The second-order valence-corrected chi connectivity index (χ2v) is 5.02. The standard InChI is InChI=1S/C14H16FN5/c1-20-5-4-9-2-3-11(6-10(9)8-20)18-14-17-7-12(15)13(16)19-14/h2-3,6-7H,4-5,8H2,1H3,(H3,16,17,18,19). The Morgan fingerprint density at radius 1 is 1.35 bits per heavy atom. The minimum atomic E-state index is -0.609. The number of aromatic nitrogens is 2. The lowest BCUT2D eigenvalue weighted by Gasteiger charge is -2.25. The van der Waals surface area contributed by atoms with Crippen LogP contribution in [0.1, 0.15) is 11.1 Å². The summed E-state index contributed by atoms with van der Waals surface area (Å²) in [5, 5.41) is 3.05. The fourth-order valence-electron chi connectivity index (χ4n) is 2.35. The highest BCUT2D eigenvalue weighted by Crippen LogP contribution is 2.23. The molecule has 1 aromatic heterocycles. The Bertz CT molecular complexity index is 643. The highest BCUT2D eigenvalue weighted by atomic mass is 19.1. The summed E-state index contributed by atoms with van der Waals surface area (Å²) < 4.78 is 13.0. The Kier molecular flexibility index (Phi) is 3.23. The number of nitrogens with zero attached hydrogens (tertiary/aromatic N) is 3. The van der Waals surface area contributed by atoms with Crippen LogP contribution in [0.25, 0.3) is 0 Å². The lowest BCUT2D eigenvalue weighted by atomic mass is 9.99. The molecule has 3 rings (SSSR count). The number of fused-ring (bicyclic) bond motifs is 1. The van der Waals surface area contributed by atoms with Crippen molar-refractivity contribution in [1.82, 2.24) is 14.9 Å². The van der Waals surface area contributed by atoms with E-state index in [9.17, 15) is 4.39 Å². The molecule has 1 aliphatic rings. The van der Waals surface area contributed by atoms with Crippen LogP contribution in [0.4, 0.5) is 21.8 Å². The van der Waals surface area contributed by atoms with Gasteiger partial charge in [0.25, 0.3) is 0 Å². The van der Waals surface area contributed by atoms with Crippen molar-refractivity contribution in [1.29, 1.82) is 0 Å². The summed E-state index contributed by atoms with van der Waals surface area (Å²) in [7, 11) is 2.10. The van der Waals surface area contributed by atoms with Gasteiger partial charge >= 0.3 is 0 Å². The molecule has 0 saturated heterocycles. The molecular formula is C14H16FN5. The molecule has 104 valence electrons. The van der Waals surface area contributed by atoms with E-state index >= 15 is 0 Å². The number of likely N-dealkylation sites (N-methyl/N-ethyl adjacent to an activating group) is 1. The maximum Gasteiger partial charge on any atom is 0.229 e. The van der Waals surface area contributed by atoms with Crippen LogP contribution in [0.15, 0.2) is 24.4 Å². The predicted molar refractivity (Wildman–Crippen MR) is 76.2 cm³/mol. The number of hydrogen-bond donors (Lipinski definition) is 2. The van der Waals surface area contributed by atoms with Crippen LogP contribution >= 0.6 is 0 Å². The first-order valence-corrected chi connectivity index (χ1v) is 6.47. The maximum absolute atomic E-state index is 13.0. The molecule has 0 saturated carbocycles. The molecule has 1 aliphatic heterocycles. The lowest BCUT2D eigenvalue weighted by Crippen LogP contribution is -2.26. The molecule has 3 N–H and O–H groups in total. The number of halogens is 1. The largest absolute Gasteiger partial charge is 0.381 e. The summed E-state index contributed by atoms with van der Waals surface area (Å²) in [6.07, 6.45) is 2.13. The quantitative estimate of drug-likeness (QED) is 0.875. The van der Waals surface area contributed by atoms with E-state index in [0.717, 1.165) is 31.4 Å². The van der Waals surface area contributed by atoms with Crippen molar-refractivity contribution >= 4 is 17.5 Å². The second kappa shape index (κ2) is 5.05. The molecule has 6 heteroatoms. The van der Waals surface area contributed by atoms with E-state index in [1.165, 1.54) is 11.1 Å². The van der Waals surface area contributed by atoms with Crippen molar-refractivity contribution in [3.8, 4) is 0 Å². The minimum absolute atomic E-state index is 0.153. The van der Waals surface area contributed by atoms with Gasteiger partial charge in [-0.25, -0.2) is 9.37 Å². The Balaban J connectivity index is 1.84. The van der Waals surface area contributed by atoms with E-state index in [2.05, 4.69) is 39.4 Å². The number of benzene rings is 1. The molecule has 0 amide bonds. The zero-order valence-corrected chi connectivity index (χ0v) is 11.2. The number of nitrogen functional groups attached to an aromatic ring is 1. The number of nitrogens with two attached hydrogens (primary N) is 1. The van der Waals surface area contributed by atoms with Crippen molar-refractivity contribution in [3.63, 3.8) is 0 Å². The van der Waals surface area contributed by atoms with Gasteiger partial charge in [0.05, 0.1) is 6.20 Å². The summed E-state index contributed by atoms with van der Waals surface area (Å²) in [5.41, 5.74) is 8.97. The van der Waals surface area contributed by atoms with Crippen LogP contribution in [-0.2, 0) is 13.0 Å². The normalized spacial score (nSPS) is 14.9. The van der Waals surface area contributed by atoms with Gasteiger partial charge in [-0.2, -0.15) is 4.98 Å². The average Bonchev–Trinajstić information content (AvgIpc) is 2.42. The van der Waals surface area contributed by atoms with Crippen LogP contribution in [0.5, 0.6) is 0 Å². The van der Waals surface area contributed by atoms with Gasteiger partial charge in [0, 0.05) is 18.8 Å². The van der Waals surface area contributed by atoms with Crippen molar-refractivity contribution < 1.29 is 4.39 Å². The molecule has 20 heavy (non-hydrogen) atoms. The maximum atomic E-state index is 13.0. The first-order chi connectivity index (χ1) is 9.61. The molecule has 1 aromatic carbocycles. The zero-order chi connectivity index (χ0) is 14.1. The Morgan fingerprint density at radius 3 is 3.00 bits per heavy atom. The molecule has 5 nitrogen and oxygen atoms in total. The predicted octanol–water partition coefficient (Wildman–Crippen LogP) is 1.93. The Hall–Kier alpha value is -2.21. The van der Waals surface area contributed by atoms with E-state index in [-0.39, 0.29) is 5.82 Å². The van der Waals surface area contributed by atoms with Crippen LogP contribution in [-0.4, -0.2) is 28.5 Å². The Labute approximate surface area is 116 Å². The van der Waals surface area contributed by atoms with E-state index < -0.39 is 5.82 Å². The fourth-order valence-corrected chi connectivity index (χ4v) is 2.35. The fraction of sp³-hybridized carbons (Fsp3) is 0.286. The average molecular weight is 273 g/mol. The van der Waals surface area contributed by atoms with Crippen LogP contribution in [0.2, 0.25) is 0 Å². The highest BCUT2D eigenvalue weighted by Gasteiger charge is 2.13. The molecule has 0 radical (unpaired) electrons. The van der Waals surface area contributed by atoms with E-state index in [1.807, 2.05) is 6.07 Å². The minimum Gasteiger partial charge on any atom is -0.381 e. The van der Waals surface area contributed by atoms with Gasteiger partial charge in [-0.05, 0) is 36.7 Å². The van der Waals surface area contributed by atoms with E-state index in [1.54, 1.807) is 0 Å². The monoisotopic (exact) mass is 273 g/mol. The number of hydrogen-bond acceptors (Lipinski definition) is 5. The van der Waals surface area contributed by atoms with Gasteiger partial charge in [-0.15, -0.1) is 0 Å². The number of nitrogens with one attached hydrogen (secondary N) is 1. The number of rotatable bonds is 2. The van der Waals surface area contributed by atoms with Crippen molar-refractivity contribution in [2.24, 2.45) is 0 Å². The van der Waals surface area contributed by atoms with Gasteiger partial charge in [-0.3, -0.25) is 0 Å². The van der Waals surface area contributed by atoms with Crippen molar-refractivity contribution in [2.45, 2.75) is 13.0 Å². The summed E-state index contributed by atoms with van der Waals surface area (Å²) in [6, 6.07) is 6.17. The molecular weight excluding hydrogens is 257 g/mol. The Morgan fingerprint density at radius 2 is 2.20 bits per heavy atom. The lowest BCUT2D eigenvalue weighted by molar-refractivity contribution is 0.313. The van der Waals surface area contributed by atoms with Crippen molar-refractivity contribution in [2.75, 3.05) is 24.6 Å². The topological polar surface area (TPSA) is 67.1 Å². The zero-order valence-electron chi connectivity index (χ0n) is 11.2. The third-order valence-electron chi connectivity index (χ3n) is 3.44. The number of anilines is 3. The smallest absolute Gasteiger partial charge is 0.229 e. The second-order valence-electron chi connectivity index (χ2n) is 5.02. The first-order valence-electron chi connectivity index (χ1n) is 6.47. The third kappa shape index (κ3) is 2.55. The summed E-state index contributed by atoms with van der Waals surface area (Å²) in [6.45, 7) is 2.01. The van der Waals surface area contributed by atoms with Crippen LogP contribution < -0.4 is 11.1 Å². The summed E-state index contributed by atoms with van der Waals surface area (Å²) in [4.78, 5) is 10.0. The molecule has 0 aliphatic carbocycles. The summed E-state index contributed by atoms with van der Waals surface area (Å²) in [5.74, 6) is -0.462. The van der Waals surface area contributed by atoms with E-state index in [4.69, 9.17) is 5.73 Å². The molecule has 0 bridgehead atoms. The summed E-state index contributed by atoms with van der Waals surface area (Å²) >= 11 is 0. The molecule has 0 atom stereocenters. The van der Waals surface area contributed by atoms with Crippen LogP contribution in [0, 0.1) is 5.82 Å². The van der Waals surface area contributed by atoms with Gasteiger partial charge < -0.3 is 16.0 Å².